The lowest BCUT2D eigenvalue weighted by atomic mass is 10.1. The average molecular weight is 351 g/mol. The summed E-state index contributed by atoms with van der Waals surface area (Å²) < 4.78 is 23.7. The molecule has 0 bridgehead atoms. The number of ether oxygens (including phenoxy) is 2. The lowest BCUT2D eigenvalue weighted by molar-refractivity contribution is -0.385. The third kappa shape index (κ3) is 3.42. The van der Waals surface area contributed by atoms with Gasteiger partial charge in [-0.1, -0.05) is 11.6 Å². The van der Waals surface area contributed by atoms with E-state index in [0.29, 0.717) is 0 Å². The second-order valence-corrected chi connectivity index (χ2v) is 4.82. The predicted octanol–water partition coefficient (Wildman–Crippen LogP) is 3.84. The summed E-state index contributed by atoms with van der Waals surface area (Å²) in [4.78, 5) is 21.8. The van der Waals surface area contributed by atoms with Crippen molar-refractivity contribution in [2.24, 2.45) is 0 Å². The molecule has 0 saturated heterocycles. The van der Waals surface area contributed by atoms with Gasteiger partial charge in [-0.15, -0.1) is 0 Å². The fraction of sp³-hybridized carbons (Fsp3) is 0.0667. The molecule has 0 spiro atoms. The van der Waals surface area contributed by atoms with Crippen LogP contribution >= 0.6 is 11.6 Å². The summed E-state index contributed by atoms with van der Waals surface area (Å²) >= 11 is 5.86. The van der Waals surface area contributed by atoms with E-state index < -0.39 is 22.4 Å². The molecule has 0 aliphatic heterocycles. The first-order chi connectivity index (χ1) is 11.4. The van der Waals surface area contributed by atoms with Gasteiger partial charge in [-0.3, -0.25) is 10.1 Å². The number of carbonyl (C=O) groups is 1. The smallest absolute Gasteiger partial charge is 0.345 e. The van der Waals surface area contributed by atoms with Gasteiger partial charge in [0, 0.05) is 12.1 Å². The highest BCUT2D eigenvalue weighted by Gasteiger charge is 2.22. The number of hydrogen-bond donors (Lipinski definition) is 0. The largest absolute Gasteiger partial charge is 0.465 e. The normalized spacial score (nSPS) is 9.92. The van der Waals surface area contributed by atoms with Crippen LogP contribution < -0.4 is 4.74 Å². The number of nitro groups is 1. The van der Waals surface area contributed by atoms with Crippen molar-refractivity contribution in [1.29, 1.82) is 5.26 Å². The van der Waals surface area contributed by atoms with E-state index in [1.54, 1.807) is 6.07 Å². The maximum absolute atomic E-state index is 14.0. The molecule has 0 amide bonds. The zero-order valence-electron chi connectivity index (χ0n) is 12.1. The van der Waals surface area contributed by atoms with E-state index in [1.165, 1.54) is 12.1 Å². The summed E-state index contributed by atoms with van der Waals surface area (Å²) in [6.45, 7) is 0. The molecule has 2 rings (SSSR count). The predicted molar refractivity (Wildman–Crippen MR) is 80.6 cm³/mol. The van der Waals surface area contributed by atoms with Crippen LogP contribution in [0, 0.1) is 27.3 Å². The van der Waals surface area contributed by atoms with Crippen molar-refractivity contribution < 1.29 is 23.6 Å². The van der Waals surface area contributed by atoms with Crippen molar-refractivity contribution in [3.8, 4) is 17.6 Å². The maximum atomic E-state index is 14.0. The molecule has 2 aromatic carbocycles. The Labute approximate surface area is 139 Å². The third-order valence-electron chi connectivity index (χ3n) is 2.92. The van der Waals surface area contributed by atoms with Crippen LogP contribution in [0.4, 0.5) is 10.1 Å². The topological polar surface area (TPSA) is 102 Å². The molecule has 0 aromatic heterocycles. The van der Waals surface area contributed by atoms with Gasteiger partial charge in [0.15, 0.2) is 11.6 Å². The molecular formula is C15H8ClFN2O5. The molecule has 0 N–H and O–H groups in total. The first-order valence-electron chi connectivity index (χ1n) is 6.31. The van der Waals surface area contributed by atoms with E-state index in [4.69, 9.17) is 21.6 Å². The molecule has 0 atom stereocenters. The van der Waals surface area contributed by atoms with E-state index in [9.17, 15) is 19.3 Å². The summed E-state index contributed by atoms with van der Waals surface area (Å²) in [5, 5.41) is 19.5. The van der Waals surface area contributed by atoms with Crippen molar-refractivity contribution in [2.75, 3.05) is 7.11 Å². The Bertz CT molecular complexity index is 856. The number of esters is 1. The van der Waals surface area contributed by atoms with Gasteiger partial charge >= 0.3 is 5.97 Å². The van der Waals surface area contributed by atoms with Crippen molar-refractivity contribution >= 4 is 23.3 Å². The van der Waals surface area contributed by atoms with Gasteiger partial charge in [0.05, 0.1) is 28.7 Å². The molecule has 0 aliphatic carbocycles. The molecule has 0 saturated carbocycles. The van der Waals surface area contributed by atoms with Crippen molar-refractivity contribution in [3.63, 3.8) is 0 Å². The van der Waals surface area contributed by atoms with Crippen LogP contribution in [0.1, 0.15) is 15.9 Å². The second kappa shape index (κ2) is 6.93. The average Bonchev–Trinajstić information content (AvgIpc) is 2.56. The van der Waals surface area contributed by atoms with E-state index in [0.717, 1.165) is 25.3 Å². The number of methoxy groups -OCH3 is 1. The number of nitro benzene ring substituents is 1. The van der Waals surface area contributed by atoms with Crippen LogP contribution in [-0.2, 0) is 4.74 Å². The van der Waals surface area contributed by atoms with Crippen molar-refractivity contribution in [2.45, 2.75) is 0 Å². The standard InChI is InChI=1S/C15H8ClFN2O5/c1-23-15(20)10-6-9(2-3-13(10)19(21)22)24-14-11(16)4-8(7-18)5-12(14)17/h2-6H,1H3. The zero-order chi connectivity index (χ0) is 17.9. The Kier molecular flexibility index (Phi) is 4.96. The Hall–Kier alpha value is -3.18. The monoisotopic (exact) mass is 350 g/mol. The molecule has 0 heterocycles. The number of halogens is 2. The molecule has 7 nitrogen and oxygen atoms in total. The Balaban J connectivity index is 2.47. The van der Waals surface area contributed by atoms with Gasteiger partial charge in [0.2, 0.25) is 0 Å². The molecule has 0 fully saturated rings. The lowest BCUT2D eigenvalue weighted by Gasteiger charge is -2.10. The highest BCUT2D eigenvalue weighted by molar-refractivity contribution is 6.32. The molecule has 2 aromatic rings. The lowest BCUT2D eigenvalue weighted by Crippen LogP contribution is -2.06. The summed E-state index contributed by atoms with van der Waals surface area (Å²) in [6.07, 6.45) is 0. The van der Waals surface area contributed by atoms with Gasteiger partial charge in [0.25, 0.3) is 5.69 Å². The number of hydrogen-bond acceptors (Lipinski definition) is 6. The van der Waals surface area contributed by atoms with Gasteiger partial charge in [0.1, 0.15) is 11.3 Å². The number of nitrogens with zero attached hydrogens (tertiary/aromatic N) is 2. The van der Waals surface area contributed by atoms with Crippen LogP contribution in [0.3, 0.4) is 0 Å². The molecule has 0 unspecified atom stereocenters. The Morgan fingerprint density at radius 1 is 1.38 bits per heavy atom. The van der Waals surface area contributed by atoms with E-state index in [2.05, 4.69) is 4.74 Å². The molecule has 122 valence electrons. The quantitative estimate of drug-likeness (QED) is 0.471. The molecule has 0 radical (unpaired) electrons. The molecular weight excluding hydrogens is 343 g/mol. The Morgan fingerprint density at radius 2 is 2.08 bits per heavy atom. The molecule has 0 aliphatic rings. The summed E-state index contributed by atoms with van der Waals surface area (Å²) in [5.41, 5.74) is -0.838. The van der Waals surface area contributed by atoms with Gasteiger partial charge < -0.3 is 9.47 Å². The minimum atomic E-state index is -0.946. The van der Waals surface area contributed by atoms with Crippen LogP contribution in [0.2, 0.25) is 5.02 Å². The third-order valence-corrected chi connectivity index (χ3v) is 3.20. The Morgan fingerprint density at radius 3 is 2.62 bits per heavy atom. The fourth-order valence-corrected chi connectivity index (χ4v) is 2.10. The highest BCUT2D eigenvalue weighted by atomic mass is 35.5. The number of nitriles is 1. The van der Waals surface area contributed by atoms with Crippen LogP contribution in [0.15, 0.2) is 30.3 Å². The fourth-order valence-electron chi connectivity index (χ4n) is 1.85. The minimum Gasteiger partial charge on any atom is -0.465 e. The van der Waals surface area contributed by atoms with Crippen molar-refractivity contribution in [3.05, 3.63) is 62.4 Å². The SMILES string of the molecule is COC(=O)c1cc(Oc2c(F)cc(C#N)cc2Cl)ccc1[N+](=O)[O-]. The maximum Gasteiger partial charge on any atom is 0.345 e. The summed E-state index contributed by atoms with van der Waals surface area (Å²) in [5.74, 6) is -2.28. The number of benzene rings is 2. The number of carbonyl (C=O) groups excluding carboxylic acids is 1. The van der Waals surface area contributed by atoms with Crippen LogP contribution in [0.25, 0.3) is 0 Å². The first kappa shape index (κ1) is 17.2. The van der Waals surface area contributed by atoms with E-state index >= 15 is 0 Å². The first-order valence-corrected chi connectivity index (χ1v) is 6.69. The van der Waals surface area contributed by atoms with Gasteiger partial charge in [-0.25, -0.2) is 9.18 Å². The molecule has 24 heavy (non-hydrogen) atoms. The van der Waals surface area contributed by atoms with Crippen LogP contribution in [-0.4, -0.2) is 18.0 Å². The summed E-state index contributed by atoms with van der Waals surface area (Å²) in [6, 6.07) is 7.10. The molecule has 9 heteroatoms. The van der Waals surface area contributed by atoms with Crippen LogP contribution in [0.5, 0.6) is 11.5 Å². The zero-order valence-corrected chi connectivity index (χ0v) is 12.8. The van der Waals surface area contributed by atoms with Crippen molar-refractivity contribution in [1.82, 2.24) is 0 Å². The minimum absolute atomic E-state index is 0.00352. The van der Waals surface area contributed by atoms with E-state index in [1.807, 2.05) is 0 Å². The second-order valence-electron chi connectivity index (χ2n) is 4.41. The van der Waals surface area contributed by atoms with Gasteiger partial charge in [-0.2, -0.15) is 5.26 Å². The highest BCUT2D eigenvalue weighted by Crippen LogP contribution is 2.35. The van der Waals surface area contributed by atoms with E-state index in [-0.39, 0.29) is 27.6 Å². The van der Waals surface area contributed by atoms with Gasteiger partial charge in [-0.05, 0) is 18.2 Å². The summed E-state index contributed by atoms with van der Waals surface area (Å²) in [7, 11) is 1.07. The number of rotatable bonds is 4.